The van der Waals surface area contributed by atoms with Gasteiger partial charge in [-0.2, -0.15) is 5.10 Å². The molecule has 1 aliphatic rings. The molecule has 0 atom stereocenters. The van der Waals surface area contributed by atoms with Crippen LogP contribution in [-0.4, -0.2) is 38.5 Å². The first kappa shape index (κ1) is 17.7. The van der Waals surface area contributed by atoms with E-state index in [-0.39, 0.29) is 5.91 Å². The van der Waals surface area contributed by atoms with Crippen LogP contribution < -0.4 is 5.32 Å². The summed E-state index contributed by atoms with van der Waals surface area (Å²) in [7, 11) is 0. The van der Waals surface area contributed by atoms with Gasteiger partial charge in [0.1, 0.15) is 5.56 Å². The van der Waals surface area contributed by atoms with Crippen molar-refractivity contribution in [2.45, 2.75) is 39.7 Å². The maximum atomic E-state index is 12.8. The molecule has 6 nitrogen and oxygen atoms in total. The smallest absolute Gasteiger partial charge is 0.261 e. The molecule has 2 heterocycles. The van der Waals surface area contributed by atoms with Gasteiger partial charge in [-0.1, -0.05) is 26.0 Å². The van der Waals surface area contributed by atoms with E-state index >= 15 is 0 Å². The van der Waals surface area contributed by atoms with Crippen molar-refractivity contribution < 1.29 is 4.79 Å². The number of fused-ring (bicyclic) bond motifs is 2. The largest absolute Gasteiger partial charge is 0.322 e. The van der Waals surface area contributed by atoms with E-state index in [0.717, 1.165) is 50.1 Å². The van der Waals surface area contributed by atoms with Crippen LogP contribution in [0.1, 0.15) is 47.3 Å². The third kappa shape index (κ3) is 3.45. The van der Waals surface area contributed by atoms with Crippen LogP contribution in [0.3, 0.4) is 0 Å². The van der Waals surface area contributed by atoms with Crippen LogP contribution in [0.4, 0.5) is 5.69 Å². The maximum absolute atomic E-state index is 12.8. The van der Waals surface area contributed by atoms with Crippen molar-refractivity contribution in [2.75, 3.05) is 18.4 Å². The second-order valence-electron chi connectivity index (χ2n) is 7.00. The molecule has 1 amide bonds. The van der Waals surface area contributed by atoms with Crippen molar-refractivity contribution in [3.63, 3.8) is 0 Å². The SMILES string of the molecule is CCN(CC)Cc1cnc2c(C(=O)Nc3cccc4c3CCC4)cnn2c1. The molecule has 1 aromatic carbocycles. The number of nitrogens with one attached hydrogen (secondary N) is 1. The predicted octanol–water partition coefficient (Wildman–Crippen LogP) is 3.31. The van der Waals surface area contributed by atoms with Gasteiger partial charge in [0.15, 0.2) is 5.65 Å². The van der Waals surface area contributed by atoms with Gasteiger partial charge in [0.2, 0.25) is 0 Å². The number of benzene rings is 1. The summed E-state index contributed by atoms with van der Waals surface area (Å²) in [6.07, 6.45) is 8.65. The van der Waals surface area contributed by atoms with Crippen LogP contribution in [0.15, 0.2) is 36.8 Å². The number of hydrogen-bond donors (Lipinski definition) is 1. The monoisotopic (exact) mass is 363 g/mol. The minimum absolute atomic E-state index is 0.158. The lowest BCUT2D eigenvalue weighted by Gasteiger charge is -2.17. The Labute approximate surface area is 159 Å². The molecule has 0 aliphatic heterocycles. The first-order chi connectivity index (χ1) is 13.2. The zero-order valence-electron chi connectivity index (χ0n) is 15.9. The quantitative estimate of drug-likeness (QED) is 0.730. The topological polar surface area (TPSA) is 62.5 Å². The third-order valence-corrected chi connectivity index (χ3v) is 5.35. The summed E-state index contributed by atoms with van der Waals surface area (Å²) >= 11 is 0. The first-order valence-electron chi connectivity index (χ1n) is 9.66. The fourth-order valence-electron chi connectivity index (χ4n) is 3.79. The highest BCUT2D eigenvalue weighted by molar-refractivity contribution is 6.08. The average molecular weight is 363 g/mol. The van der Waals surface area contributed by atoms with Crippen LogP contribution in [0, 0.1) is 0 Å². The zero-order chi connectivity index (χ0) is 18.8. The first-order valence-corrected chi connectivity index (χ1v) is 9.66. The molecule has 4 rings (SSSR count). The molecule has 0 saturated heterocycles. The zero-order valence-corrected chi connectivity index (χ0v) is 15.9. The normalized spacial score (nSPS) is 13.3. The van der Waals surface area contributed by atoms with Gasteiger partial charge < -0.3 is 5.32 Å². The molecule has 0 bridgehead atoms. The lowest BCUT2D eigenvalue weighted by molar-refractivity contribution is 0.102. The van der Waals surface area contributed by atoms with Crippen LogP contribution >= 0.6 is 0 Å². The number of rotatable bonds is 6. The van der Waals surface area contributed by atoms with Crippen molar-refractivity contribution in [3.8, 4) is 0 Å². The summed E-state index contributed by atoms with van der Waals surface area (Å²) < 4.78 is 1.70. The Bertz CT molecular complexity index is 974. The highest BCUT2D eigenvalue weighted by atomic mass is 16.1. The fraction of sp³-hybridized carbons (Fsp3) is 0.381. The molecule has 0 fully saturated rings. The van der Waals surface area contributed by atoms with Gasteiger partial charge in [-0.3, -0.25) is 9.69 Å². The molecule has 2 aromatic heterocycles. The Kier molecular flexibility index (Phi) is 4.90. The van der Waals surface area contributed by atoms with E-state index in [4.69, 9.17) is 0 Å². The van der Waals surface area contributed by atoms with E-state index in [2.05, 4.69) is 40.2 Å². The third-order valence-electron chi connectivity index (χ3n) is 5.35. The van der Waals surface area contributed by atoms with Crippen molar-refractivity contribution in [1.82, 2.24) is 19.5 Å². The summed E-state index contributed by atoms with van der Waals surface area (Å²) in [6, 6.07) is 6.13. The molecule has 0 unspecified atom stereocenters. The number of hydrogen-bond acceptors (Lipinski definition) is 4. The van der Waals surface area contributed by atoms with Gasteiger partial charge in [0.25, 0.3) is 5.91 Å². The number of nitrogens with zero attached hydrogens (tertiary/aromatic N) is 4. The highest BCUT2D eigenvalue weighted by Gasteiger charge is 2.19. The minimum Gasteiger partial charge on any atom is -0.322 e. The van der Waals surface area contributed by atoms with Gasteiger partial charge in [-0.05, 0) is 49.5 Å². The summed E-state index contributed by atoms with van der Waals surface area (Å²) in [5.74, 6) is -0.158. The van der Waals surface area contributed by atoms with Crippen LogP contribution in [0.2, 0.25) is 0 Å². The molecule has 6 heteroatoms. The summed E-state index contributed by atoms with van der Waals surface area (Å²) in [5.41, 5.74) is 5.68. The van der Waals surface area contributed by atoms with Crippen LogP contribution in [0.5, 0.6) is 0 Å². The molecule has 140 valence electrons. The van der Waals surface area contributed by atoms with E-state index in [1.54, 1.807) is 10.7 Å². The molecular weight excluding hydrogens is 338 g/mol. The van der Waals surface area contributed by atoms with E-state index in [9.17, 15) is 4.79 Å². The molecule has 27 heavy (non-hydrogen) atoms. The molecule has 0 saturated carbocycles. The summed E-state index contributed by atoms with van der Waals surface area (Å²) in [6.45, 7) is 7.09. The Balaban J connectivity index is 1.57. The Morgan fingerprint density at radius 1 is 1.22 bits per heavy atom. The van der Waals surface area contributed by atoms with Gasteiger partial charge >= 0.3 is 0 Å². The van der Waals surface area contributed by atoms with E-state index in [0.29, 0.717) is 11.2 Å². The maximum Gasteiger partial charge on any atom is 0.261 e. The van der Waals surface area contributed by atoms with Crippen molar-refractivity contribution >= 4 is 17.2 Å². The van der Waals surface area contributed by atoms with Crippen molar-refractivity contribution in [3.05, 3.63) is 59.0 Å². The lowest BCUT2D eigenvalue weighted by atomic mass is 10.1. The summed E-state index contributed by atoms with van der Waals surface area (Å²) in [4.78, 5) is 19.7. The Morgan fingerprint density at radius 2 is 2.07 bits per heavy atom. The number of aromatic nitrogens is 3. The molecule has 0 radical (unpaired) electrons. The Hall–Kier alpha value is -2.73. The number of amides is 1. The minimum atomic E-state index is -0.158. The van der Waals surface area contributed by atoms with E-state index in [1.807, 2.05) is 24.5 Å². The van der Waals surface area contributed by atoms with E-state index in [1.165, 1.54) is 11.1 Å². The molecular formula is C21H25N5O. The van der Waals surface area contributed by atoms with Gasteiger partial charge in [-0.25, -0.2) is 9.50 Å². The van der Waals surface area contributed by atoms with E-state index < -0.39 is 0 Å². The number of carbonyl (C=O) groups is 1. The molecule has 0 spiro atoms. The number of carbonyl (C=O) groups excluding carboxylic acids is 1. The average Bonchev–Trinajstić information content (AvgIpc) is 3.33. The second kappa shape index (κ2) is 7.48. The van der Waals surface area contributed by atoms with Gasteiger partial charge in [0.05, 0.1) is 6.20 Å². The van der Waals surface area contributed by atoms with Crippen molar-refractivity contribution in [1.29, 1.82) is 0 Å². The predicted molar refractivity (Wildman–Crippen MR) is 106 cm³/mol. The fourth-order valence-corrected chi connectivity index (χ4v) is 3.79. The highest BCUT2D eigenvalue weighted by Crippen LogP contribution is 2.29. The molecule has 1 aliphatic carbocycles. The van der Waals surface area contributed by atoms with Crippen LogP contribution in [-0.2, 0) is 19.4 Å². The number of aryl methyl sites for hydroxylation is 1. The molecule has 3 aromatic rings. The second-order valence-corrected chi connectivity index (χ2v) is 7.00. The van der Waals surface area contributed by atoms with Gasteiger partial charge in [-0.15, -0.1) is 0 Å². The standard InChI is InChI=1S/C21H25N5O/c1-3-25(4-2)13-15-11-22-20-18(12-23-26(20)14-15)21(27)24-19-10-6-8-16-7-5-9-17(16)19/h6,8,10-12,14H,3-5,7,9,13H2,1-2H3,(H,24,27). The number of anilines is 1. The lowest BCUT2D eigenvalue weighted by Crippen LogP contribution is -2.22. The van der Waals surface area contributed by atoms with Crippen molar-refractivity contribution in [2.24, 2.45) is 0 Å². The molecule has 1 N–H and O–H groups in total. The van der Waals surface area contributed by atoms with Gasteiger partial charge in [0, 0.05) is 30.2 Å². The van der Waals surface area contributed by atoms with Crippen LogP contribution in [0.25, 0.3) is 5.65 Å². The Morgan fingerprint density at radius 3 is 2.89 bits per heavy atom. The summed E-state index contributed by atoms with van der Waals surface area (Å²) in [5, 5.41) is 7.41.